The standard InChI is InChI=1S/C30H25FN6O3/c1-18-8-6-9-19(16-18)34-30(40)36-28-29(39)37(17-24-21(27(32)38)12-7-15-33-24)25-14-5-3-11-22(25)26(35-28)20-10-2-4-13-23(20)31/h2-16,28H,17H2,1H3,(H2,32,38)(H2,34,36,40)/t28-/m0/s1. The highest BCUT2D eigenvalue weighted by Gasteiger charge is 2.34. The zero-order chi connectivity index (χ0) is 28.2. The van der Waals surface area contributed by atoms with Gasteiger partial charge < -0.3 is 21.3 Å². The van der Waals surface area contributed by atoms with Gasteiger partial charge >= 0.3 is 6.03 Å². The Kier molecular flexibility index (Phi) is 7.32. The lowest BCUT2D eigenvalue weighted by molar-refractivity contribution is -0.120. The number of carbonyl (C=O) groups excluding carboxylic acids is 3. The molecule has 40 heavy (non-hydrogen) atoms. The molecular weight excluding hydrogens is 511 g/mol. The highest BCUT2D eigenvalue weighted by Crippen LogP contribution is 2.30. The Morgan fingerprint density at radius 2 is 1.73 bits per heavy atom. The van der Waals surface area contributed by atoms with Crippen LogP contribution in [0.15, 0.2) is 96.1 Å². The molecule has 0 saturated heterocycles. The normalized spacial score (nSPS) is 14.6. The summed E-state index contributed by atoms with van der Waals surface area (Å²) in [7, 11) is 0. The molecule has 2 heterocycles. The molecule has 0 aliphatic carbocycles. The molecule has 0 saturated carbocycles. The molecule has 0 unspecified atom stereocenters. The van der Waals surface area contributed by atoms with E-state index in [2.05, 4.69) is 20.6 Å². The number of pyridine rings is 1. The molecular formula is C30H25FN6O3. The smallest absolute Gasteiger partial charge is 0.321 e. The molecule has 1 aromatic heterocycles. The summed E-state index contributed by atoms with van der Waals surface area (Å²) in [5.41, 5.74) is 8.63. The monoisotopic (exact) mass is 536 g/mol. The Morgan fingerprint density at radius 3 is 2.48 bits per heavy atom. The predicted octanol–water partition coefficient (Wildman–Crippen LogP) is 4.16. The van der Waals surface area contributed by atoms with Crippen molar-refractivity contribution in [2.45, 2.75) is 19.6 Å². The summed E-state index contributed by atoms with van der Waals surface area (Å²) in [6, 6.07) is 22.5. The zero-order valence-corrected chi connectivity index (χ0v) is 21.5. The first kappa shape index (κ1) is 26.2. The fourth-order valence-corrected chi connectivity index (χ4v) is 4.51. The number of aryl methyl sites for hydroxylation is 1. The summed E-state index contributed by atoms with van der Waals surface area (Å²) in [5.74, 6) is -1.85. The van der Waals surface area contributed by atoms with Crippen molar-refractivity contribution in [1.82, 2.24) is 10.3 Å². The second-order valence-electron chi connectivity index (χ2n) is 9.13. The summed E-state index contributed by atoms with van der Waals surface area (Å²) >= 11 is 0. The van der Waals surface area contributed by atoms with Crippen LogP contribution >= 0.6 is 0 Å². The predicted molar refractivity (Wildman–Crippen MR) is 150 cm³/mol. The van der Waals surface area contributed by atoms with Crippen molar-refractivity contribution < 1.29 is 18.8 Å². The molecule has 0 radical (unpaired) electrons. The number of fused-ring (bicyclic) bond motifs is 1. The van der Waals surface area contributed by atoms with Crippen molar-refractivity contribution >= 4 is 34.9 Å². The fraction of sp³-hybridized carbons (Fsp3) is 0.100. The Morgan fingerprint density at radius 1 is 0.975 bits per heavy atom. The van der Waals surface area contributed by atoms with Crippen molar-refractivity contribution in [3.63, 3.8) is 0 Å². The summed E-state index contributed by atoms with van der Waals surface area (Å²) in [4.78, 5) is 49.4. The van der Waals surface area contributed by atoms with Crippen LogP contribution in [0.4, 0.5) is 20.6 Å². The average molecular weight is 537 g/mol. The number of benzodiazepines with no additional fused rings is 1. The van der Waals surface area contributed by atoms with Crippen LogP contribution in [0.1, 0.15) is 32.7 Å². The highest BCUT2D eigenvalue weighted by molar-refractivity contribution is 6.20. The van der Waals surface area contributed by atoms with Gasteiger partial charge in [0.25, 0.3) is 11.8 Å². The molecule has 0 fully saturated rings. The maximum Gasteiger partial charge on any atom is 0.321 e. The van der Waals surface area contributed by atoms with E-state index in [0.717, 1.165) is 5.56 Å². The zero-order valence-electron chi connectivity index (χ0n) is 21.5. The van der Waals surface area contributed by atoms with E-state index in [1.54, 1.807) is 66.7 Å². The summed E-state index contributed by atoms with van der Waals surface area (Å²) in [5, 5.41) is 5.33. The van der Waals surface area contributed by atoms with Crippen molar-refractivity contribution in [3.8, 4) is 0 Å². The van der Waals surface area contributed by atoms with Crippen molar-refractivity contribution in [1.29, 1.82) is 0 Å². The van der Waals surface area contributed by atoms with E-state index in [-0.39, 0.29) is 29.1 Å². The number of nitrogens with zero attached hydrogens (tertiary/aromatic N) is 3. The molecule has 3 aromatic carbocycles. The number of urea groups is 1. The summed E-state index contributed by atoms with van der Waals surface area (Å²) < 4.78 is 15.1. The van der Waals surface area contributed by atoms with Crippen LogP contribution in [0.5, 0.6) is 0 Å². The van der Waals surface area contributed by atoms with Crippen LogP contribution in [-0.2, 0) is 11.3 Å². The number of nitrogens with one attached hydrogen (secondary N) is 2. The molecule has 1 atom stereocenters. The number of carbonyl (C=O) groups is 3. The van der Waals surface area contributed by atoms with Gasteiger partial charge in [-0.15, -0.1) is 0 Å². The highest BCUT2D eigenvalue weighted by atomic mass is 19.1. The van der Waals surface area contributed by atoms with Gasteiger partial charge in [-0.3, -0.25) is 14.6 Å². The molecule has 0 spiro atoms. The number of aromatic nitrogens is 1. The van der Waals surface area contributed by atoms with E-state index in [1.807, 2.05) is 13.0 Å². The summed E-state index contributed by atoms with van der Waals surface area (Å²) in [6.45, 7) is 1.74. The third-order valence-electron chi connectivity index (χ3n) is 6.34. The molecule has 5 rings (SSSR count). The van der Waals surface area contributed by atoms with E-state index in [4.69, 9.17) is 5.73 Å². The van der Waals surface area contributed by atoms with Gasteiger partial charge in [-0.1, -0.05) is 42.5 Å². The average Bonchev–Trinajstić information content (AvgIpc) is 3.04. The second kappa shape index (κ2) is 11.2. The van der Waals surface area contributed by atoms with E-state index < -0.39 is 29.8 Å². The number of rotatable bonds is 6. The minimum atomic E-state index is -1.44. The number of hydrogen-bond donors (Lipinski definition) is 3. The molecule has 4 N–H and O–H groups in total. The Hall–Kier alpha value is -5.38. The van der Waals surface area contributed by atoms with Crippen LogP contribution in [0.2, 0.25) is 0 Å². The summed E-state index contributed by atoms with van der Waals surface area (Å²) in [6.07, 6.45) is 0.0509. The lowest BCUT2D eigenvalue weighted by Crippen LogP contribution is -2.48. The van der Waals surface area contributed by atoms with Gasteiger partial charge in [0.05, 0.1) is 29.2 Å². The molecule has 9 nitrogen and oxygen atoms in total. The van der Waals surface area contributed by atoms with E-state index in [1.165, 1.54) is 23.2 Å². The fourth-order valence-electron chi connectivity index (χ4n) is 4.51. The lowest BCUT2D eigenvalue weighted by Gasteiger charge is -2.25. The number of halogens is 1. The van der Waals surface area contributed by atoms with Crippen LogP contribution in [-0.4, -0.2) is 34.7 Å². The van der Waals surface area contributed by atoms with Gasteiger partial charge in [-0.2, -0.15) is 0 Å². The maximum absolute atomic E-state index is 15.1. The number of nitrogens with two attached hydrogens (primary N) is 1. The van der Waals surface area contributed by atoms with Gasteiger partial charge in [0.1, 0.15) is 5.82 Å². The van der Waals surface area contributed by atoms with Crippen LogP contribution in [0.3, 0.4) is 0 Å². The number of benzene rings is 3. The number of amides is 4. The number of aliphatic imine (C=N–C) groups is 1. The first-order valence-corrected chi connectivity index (χ1v) is 12.4. The Bertz CT molecular complexity index is 1650. The molecule has 10 heteroatoms. The van der Waals surface area contributed by atoms with E-state index in [9.17, 15) is 14.4 Å². The molecule has 0 bridgehead atoms. The Labute approximate surface area is 229 Å². The van der Waals surface area contributed by atoms with Crippen molar-refractivity contribution in [2.75, 3.05) is 10.2 Å². The molecule has 1 aliphatic rings. The minimum absolute atomic E-state index is 0.146. The topological polar surface area (TPSA) is 130 Å². The first-order chi connectivity index (χ1) is 19.3. The second-order valence-corrected chi connectivity index (χ2v) is 9.13. The SMILES string of the molecule is Cc1cccc(NC(=O)N[C@@H]2N=C(c3ccccc3F)c3ccccc3N(Cc3ncccc3C(N)=O)C2=O)c1. The number of hydrogen-bond acceptors (Lipinski definition) is 5. The largest absolute Gasteiger partial charge is 0.366 e. The molecule has 4 amide bonds. The molecule has 200 valence electrons. The minimum Gasteiger partial charge on any atom is -0.366 e. The van der Waals surface area contributed by atoms with Crippen LogP contribution in [0, 0.1) is 12.7 Å². The van der Waals surface area contributed by atoms with E-state index >= 15 is 4.39 Å². The van der Waals surface area contributed by atoms with Crippen molar-refractivity contribution in [2.24, 2.45) is 10.7 Å². The van der Waals surface area contributed by atoms with Crippen LogP contribution in [0.25, 0.3) is 0 Å². The van der Waals surface area contributed by atoms with Crippen LogP contribution < -0.4 is 21.3 Å². The third kappa shape index (κ3) is 5.41. The number of primary amides is 1. The maximum atomic E-state index is 15.1. The van der Waals surface area contributed by atoms with Crippen molar-refractivity contribution in [3.05, 3.63) is 125 Å². The molecule has 1 aliphatic heterocycles. The van der Waals surface area contributed by atoms with Gasteiger partial charge in [-0.05, 0) is 55.0 Å². The number of anilines is 2. The van der Waals surface area contributed by atoms with E-state index in [0.29, 0.717) is 16.9 Å². The third-order valence-corrected chi connectivity index (χ3v) is 6.34. The molecule has 4 aromatic rings. The van der Waals surface area contributed by atoms with Gasteiger partial charge in [0.15, 0.2) is 0 Å². The first-order valence-electron chi connectivity index (χ1n) is 12.4. The Balaban J connectivity index is 1.60. The number of para-hydroxylation sites is 1. The quantitative estimate of drug-likeness (QED) is 0.342. The lowest BCUT2D eigenvalue weighted by atomic mass is 9.99. The van der Waals surface area contributed by atoms with Gasteiger partial charge in [0.2, 0.25) is 6.17 Å². The van der Waals surface area contributed by atoms with Gasteiger partial charge in [-0.25, -0.2) is 14.2 Å². The van der Waals surface area contributed by atoms with Gasteiger partial charge in [0, 0.05) is 23.0 Å².